The lowest BCUT2D eigenvalue weighted by Gasteiger charge is -1.99. The van der Waals surface area contributed by atoms with Crippen molar-refractivity contribution in [3.8, 4) is 0 Å². The second-order valence-corrected chi connectivity index (χ2v) is 4.37. The predicted octanol–water partition coefficient (Wildman–Crippen LogP) is 1.83. The quantitative estimate of drug-likeness (QED) is 0.802. The van der Waals surface area contributed by atoms with E-state index in [1.807, 2.05) is 0 Å². The topological polar surface area (TPSA) is 56.0 Å². The van der Waals surface area contributed by atoms with Gasteiger partial charge in [-0.05, 0) is 18.8 Å². The lowest BCUT2D eigenvalue weighted by Crippen LogP contribution is -2.11. The van der Waals surface area contributed by atoms with Crippen molar-refractivity contribution in [2.45, 2.75) is 26.7 Å². The van der Waals surface area contributed by atoms with Crippen molar-refractivity contribution in [2.24, 2.45) is 11.7 Å². The van der Waals surface area contributed by atoms with Gasteiger partial charge in [0.05, 0.1) is 5.01 Å². The van der Waals surface area contributed by atoms with Gasteiger partial charge in [0.15, 0.2) is 0 Å². The molecule has 1 amide bonds. The minimum Gasteiger partial charge on any atom is -0.364 e. The molecule has 1 aromatic rings. The van der Waals surface area contributed by atoms with Crippen LogP contribution in [-0.4, -0.2) is 10.9 Å². The smallest absolute Gasteiger partial charge is 0.268 e. The molecule has 13 heavy (non-hydrogen) atoms. The molecule has 0 unspecified atom stereocenters. The largest absolute Gasteiger partial charge is 0.364 e. The molecule has 0 saturated heterocycles. The molecule has 0 fully saturated rings. The molecule has 0 saturated carbocycles. The van der Waals surface area contributed by atoms with E-state index in [1.54, 1.807) is 5.38 Å². The molecular weight excluding hydrogens is 184 g/mol. The first-order valence-electron chi connectivity index (χ1n) is 4.34. The Morgan fingerprint density at radius 1 is 1.69 bits per heavy atom. The summed E-state index contributed by atoms with van der Waals surface area (Å²) in [7, 11) is 0. The van der Waals surface area contributed by atoms with Gasteiger partial charge in [0.2, 0.25) is 0 Å². The van der Waals surface area contributed by atoms with E-state index in [-0.39, 0.29) is 0 Å². The molecule has 2 N–H and O–H groups in total. The normalized spacial score (nSPS) is 10.7. The van der Waals surface area contributed by atoms with Crippen molar-refractivity contribution < 1.29 is 4.79 Å². The summed E-state index contributed by atoms with van der Waals surface area (Å²) in [5, 5.41) is 2.72. The molecule has 0 spiro atoms. The van der Waals surface area contributed by atoms with Crippen molar-refractivity contribution in [1.29, 1.82) is 0 Å². The van der Waals surface area contributed by atoms with Crippen molar-refractivity contribution in [1.82, 2.24) is 4.98 Å². The van der Waals surface area contributed by atoms with Crippen molar-refractivity contribution >= 4 is 17.2 Å². The first kappa shape index (κ1) is 10.2. The van der Waals surface area contributed by atoms with E-state index < -0.39 is 5.91 Å². The summed E-state index contributed by atoms with van der Waals surface area (Å²) in [6.45, 7) is 4.34. The molecule has 4 heteroatoms. The molecule has 0 radical (unpaired) electrons. The van der Waals surface area contributed by atoms with Crippen LogP contribution in [0.3, 0.4) is 0 Å². The summed E-state index contributed by atoms with van der Waals surface area (Å²) in [5.74, 6) is 0.230. The van der Waals surface area contributed by atoms with Gasteiger partial charge in [-0.3, -0.25) is 4.79 Å². The Bertz CT molecular complexity index is 294. The molecule has 0 aliphatic heterocycles. The van der Waals surface area contributed by atoms with Crippen molar-refractivity contribution in [2.75, 3.05) is 0 Å². The second kappa shape index (κ2) is 4.37. The lowest BCUT2D eigenvalue weighted by molar-refractivity contribution is 0.0996. The monoisotopic (exact) mass is 198 g/mol. The molecule has 0 aliphatic carbocycles. The predicted molar refractivity (Wildman–Crippen MR) is 53.8 cm³/mol. The van der Waals surface area contributed by atoms with Crippen LogP contribution < -0.4 is 5.73 Å². The van der Waals surface area contributed by atoms with Crippen LogP contribution in [0.25, 0.3) is 0 Å². The SMILES string of the molecule is CC(C)CCc1nc(C(N)=O)cs1. The molecule has 0 aromatic carbocycles. The highest BCUT2D eigenvalue weighted by Crippen LogP contribution is 2.13. The van der Waals surface area contributed by atoms with Gasteiger partial charge in [0.1, 0.15) is 5.69 Å². The maximum atomic E-state index is 10.7. The van der Waals surface area contributed by atoms with Crippen LogP contribution in [0.5, 0.6) is 0 Å². The second-order valence-electron chi connectivity index (χ2n) is 3.42. The number of carbonyl (C=O) groups is 1. The minimum atomic E-state index is -0.438. The first-order valence-corrected chi connectivity index (χ1v) is 5.21. The van der Waals surface area contributed by atoms with Gasteiger partial charge in [0, 0.05) is 5.38 Å². The van der Waals surface area contributed by atoms with Gasteiger partial charge < -0.3 is 5.73 Å². The fourth-order valence-corrected chi connectivity index (χ4v) is 1.75. The van der Waals surface area contributed by atoms with Gasteiger partial charge >= 0.3 is 0 Å². The summed E-state index contributed by atoms with van der Waals surface area (Å²) in [6, 6.07) is 0. The number of hydrogen-bond acceptors (Lipinski definition) is 3. The molecule has 0 bridgehead atoms. The van der Waals surface area contributed by atoms with Gasteiger partial charge in [-0.15, -0.1) is 11.3 Å². The number of carbonyl (C=O) groups excluding carboxylic acids is 1. The zero-order chi connectivity index (χ0) is 9.84. The Hall–Kier alpha value is -0.900. The number of nitrogens with two attached hydrogens (primary N) is 1. The number of thiazole rings is 1. The average molecular weight is 198 g/mol. The molecular formula is C9H14N2OS. The minimum absolute atomic E-state index is 0.392. The van der Waals surface area contributed by atoms with Crippen LogP contribution in [0.1, 0.15) is 35.8 Å². The zero-order valence-corrected chi connectivity index (χ0v) is 8.73. The van der Waals surface area contributed by atoms with E-state index >= 15 is 0 Å². The van der Waals surface area contributed by atoms with Gasteiger partial charge in [-0.1, -0.05) is 13.8 Å². The highest BCUT2D eigenvalue weighted by molar-refractivity contribution is 7.09. The van der Waals surface area contributed by atoms with Crippen molar-refractivity contribution in [3.63, 3.8) is 0 Å². The average Bonchev–Trinajstić information content (AvgIpc) is 2.48. The fourth-order valence-electron chi connectivity index (χ4n) is 0.951. The summed E-state index contributed by atoms with van der Waals surface area (Å²) >= 11 is 1.51. The highest BCUT2D eigenvalue weighted by Gasteiger charge is 2.06. The molecule has 72 valence electrons. The van der Waals surface area contributed by atoms with Crippen LogP contribution in [0.2, 0.25) is 0 Å². The van der Waals surface area contributed by atoms with Crippen LogP contribution in [-0.2, 0) is 6.42 Å². The number of aromatic nitrogens is 1. The summed E-state index contributed by atoms with van der Waals surface area (Å²) in [4.78, 5) is 14.8. The third-order valence-corrected chi connectivity index (χ3v) is 2.65. The number of rotatable bonds is 4. The molecule has 1 aromatic heterocycles. The Kier molecular flexibility index (Phi) is 3.42. The van der Waals surface area contributed by atoms with E-state index in [9.17, 15) is 4.79 Å². The fraction of sp³-hybridized carbons (Fsp3) is 0.556. The van der Waals surface area contributed by atoms with Gasteiger partial charge in [-0.2, -0.15) is 0 Å². The van der Waals surface area contributed by atoms with Crippen LogP contribution >= 0.6 is 11.3 Å². The van der Waals surface area contributed by atoms with Gasteiger partial charge in [0.25, 0.3) is 5.91 Å². The van der Waals surface area contributed by atoms with E-state index in [0.29, 0.717) is 11.6 Å². The maximum Gasteiger partial charge on any atom is 0.268 e. The molecule has 1 rings (SSSR count). The third kappa shape index (κ3) is 3.14. The molecule has 0 atom stereocenters. The van der Waals surface area contributed by atoms with E-state index in [4.69, 9.17) is 5.73 Å². The number of aryl methyl sites for hydroxylation is 1. The van der Waals surface area contributed by atoms with Crippen LogP contribution in [0.4, 0.5) is 0 Å². The van der Waals surface area contributed by atoms with E-state index in [1.165, 1.54) is 11.3 Å². The van der Waals surface area contributed by atoms with Gasteiger partial charge in [-0.25, -0.2) is 4.98 Å². The highest BCUT2D eigenvalue weighted by atomic mass is 32.1. The summed E-state index contributed by atoms with van der Waals surface area (Å²) in [6.07, 6.45) is 2.04. The summed E-state index contributed by atoms with van der Waals surface area (Å²) in [5.41, 5.74) is 5.48. The zero-order valence-electron chi connectivity index (χ0n) is 7.91. The van der Waals surface area contributed by atoms with Crippen LogP contribution in [0.15, 0.2) is 5.38 Å². The number of amides is 1. The number of hydrogen-bond donors (Lipinski definition) is 1. The maximum absolute atomic E-state index is 10.7. The Labute approximate surface area is 82.0 Å². The van der Waals surface area contributed by atoms with E-state index in [0.717, 1.165) is 17.8 Å². The Morgan fingerprint density at radius 2 is 2.38 bits per heavy atom. The molecule has 1 heterocycles. The summed E-state index contributed by atoms with van der Waals surface area (Å²) < 4.78 is 0. The number of primary amides is 1. The lowest BCUT2D eigenvalue weighted by atomic mass is 10.1. The molecule has 3 nitrogen and oxygen atoms in total. The van der Waals surface area contributed by atoms with Crippen molar-refractivity contribution in [3.05, 3.63) is 16.1 Å². The Balaban J connectivity index is 2.54. The first-order chi connectivity index (χ1) is 6.09. The molecule has 0 aliphatic rings. The van der Waals surface area contributed by atoms with Crippen LogP contribution in [0, 0.1) is 5.92 Å². The van der Waals surface area contributed by atoms with E-state index in [2.05, 4.69) is 18.8 Å². The number of nitrogens with zero attached hydrogens (tertiary/aromatic N) is 1. The standard InChI is InChI=1S/C9H14N2OS/c1-6(2)3-4-8-11-7(5-13-8)9(10)12/h5-6H,3-4H2,1-2H3,(H2,10,12). The third-order valence-electron chi connectivity index (χ3n) is 1.74. The Morgan fingerprint density at radius 3 is 2.85 bits per heavy atom.